The lowest BCUT2D eigenvalue weighted by molar-refractivity contribution is 0.320. The van der Waals surface area contributed by atoms with Gasteiger partial charge in [-0.25, -0.2) is 15.0 Å². The van der Waals surface area contributed by atoms with E-state index in [0.717, 1.165) is 23.7 Å². The standard InChI is InChI=1S/C29H30ClN7O/c1-29(2,28-33-13-7-14-34-28)36-24-16-25(38)37(18-19-8-4-3-5-9-19)26-20(24)10-6-11-23(26)35-22-12-15-32-27(30)21(22)17-31/h6-7,10-16,19,36H,3-5,8-9,18H2,1-2H3,(H,32,35). The average molecular weight is 528 g/mol. The summed E-state index contributed by atoms with van der Waals surface area (Å²) in [6, 6.07) is 13.2. The zero-order chi connectivity index (χ0) is 26.7. The van der Waals surface area contributed by atoms with Crippen molar-refractivity contribution < 1.29 is 0 Å². The Morgan fingerprint density at radius 1 is 1.03 bits per heavy atom. The largest absolute Gasteiger partial charge is 0.372 e. The first-order valence-corrected chi connectivity index (χ1v) is 13.3. The molecule has 1 aliphatic carbocycles. The zero-order valence-corrected chi connectivity index (χ0v) is 22.3. The normalized spacial score (nSPS) is 14.3. The minimum atomic E-state index is -0.633. The minimum absolute atomic E-state index is 0.0853. The number of halogens is 1. The highest BCUT2D eigenvalue weighted by atomic mass is 35.5. The summed E-state index contributed by atoms with van der Waals surface area (Å²) in [4.78, 5) is 26.6. The van der Waals surface area contributed by atoms with Crippen molar-refractivity contribution in [2.75, 3.05) is 10.6 Å². The van der Waals surface area contributed by atoms with Gasteiger partial charge < -0.3 is 15.2 Å². The number of nitriles is 1. The fraction of sp³-hybridized carbons (Fsp3) is 0.345. The molecule has 3 aromatic heterocycles. The van der Waals surface area contributed by atoms with Crippen molar-refractivity contribution in [1.29, 1.82) is 5.26 Å². The number of hydrogen-bond acceptors (Lipinski definition) is 7. The molecule has 9 heteroatoms. The van der Waals surface area contributed by atoms with Crippen molar-refractivity contribution >= 4 is 39.6 Å². The number of benzene rings is 1. The van der Waals surface area contributed by atoms with Gasteiger partial charge in [-0.15, -0.1) is 0 Å². The summed E-state index contributed by atoms with van der Waals surface area (Å²) in [5, 5.41) is 17.6. The van der Waals surface area contributed by atoms with Crippen LogP contribution in [0.25, 0.3) is 10.9 Å². The molecule has 0 atom stereocenters. The Hall–Kier alpha value is -3.96. The van der Waals surface area contributed by atoms with Crippen LogP contribution in [0.2, 0.25) is 5.15 Å². The quantitative estimate of drug-likeness (QED) is 0.268. The summed E-state index contributed by atoms with van der Waals surface area (Å²) < 4.78 is 1.87. The first-order valence-electron chi connectivity index (χ1n) is 12.9. The number of pyridine rings is 2. The third-order valence-corrected chi connectivity index (χ3v) is 7.44. The minimum Gasteiger partial charge on any atom is -0.372 e. The summed E-state index contributed by atoms with van der Waals surface area (Å²) in [5.74, 6) is 1.06. The Bertz CT molecular complexity index is 1550. The Morgan fingerprint density at radius 3 is 2.53 bits per heavy atom. The maximum atomic E-state index is 13.7. The molecular weight excluding hydrogens is 498 g/mol. The second-order valence-corrected chi connectivity index (χ2v) is 10.7. The Morgan fingerprint density at radius 2 is 1.79 bits per heavy atom. The van der Waals surface area contributed by atoms with Gasteiger partial charge in [-0.3, -0.25) is 4.79 Å². The van der Waals surface area contributed by atoms with Gasteiger partial charge in [0.2, 0.25) is 0 Å². The van der Waals surface area contributed by atoms with E-state index in [1.54, 1.807) is 36.8 Å². The van der Waals surface area contributed by atoms with Crippen molar-refractivity contribution in [2.45, 2.75) is 58.0 Å². The molecule has 0 spiro atoms. The van der Waals surface area contributed by atoms with Crippen molar-refractivity contribution in [3.05, 3.63) is 81.9 Å². The summed E-state index contributed by atoms with van der Waals surface area (Å²) in [7, 11) is 0. The molecule has 1 saturated carbocycles. The Kier molecular flexibility index (Phi) is 7.30. The molecule has 1 aliphatic rings. The van der Waals surface area contributed by atoms with E-state index in [4.69, 9.17) is 11.6 Å². The van der Waals surface area contributed by atoms with E-state index in [2.05, 4.69) is 31.7 Å². The Balaban J connectivity index is 1.66. The monoisotopic (exact) mass is 527 g/mol. The molecular formula is C29H30ClN7O. The molecule has 0 radical (unpaired) electrons. The van der Waals surface area contributed by atoms with Crippen molar-refractivity contribution in [3.8, 4) is 6.07 Å². The molecule has 1 fully saturated rings. The molecule has 8 nitrogen and oxygen atoms in total. The van der Waals surface area contributed by atoms with E-state index in [1.807, 2.05) is 36.6 Å². The third-order valence-electron chi connectivity index (χ3n) is 7.15. The second-order valence-electron chi connectivity index (χ2n) is 10.3. The highest BCUT2D eigenvalue weighted by molar-refractivity contribution is 6.31. The number of nitrogens with zero attached hydrogens (tertiary/aromatic N) is 5. The number of fused-ring (bicyclic) bond motifs is 1. The van der Waals surface area contributed by atoms with Gasteiger partial charge in [-0.2, -0.15) is 5.26 Å². The average Bonchev–Trinajstić information content (AvgIpc) is 2.92. The molecule has 0 unspecified atom stereocenters. The van der Waals surface area contributed by atoms with Crippen LogP contribution >= 0.6 is 11.6 Å². The molecule has 0 saturated heterocycles. The van der Waals surface area contributed by atoms with Gasteiger partial charge in [0, 0.05) is 42.3 Å². The molecule has 5 rings (SSSR count). The number of nitrogens with one attached hydrogen (secondary N) is 2. The van der Waals surface area contributed by atoms with Crippen LogP contribution in [0.4, 0.5) is 17.1 Å². The predicted molar refractivity (Wildman–Crippen MR) is 151 cm³/mol. The van der Waals surface area contributed by atoms with E-state index in [0.29, 0.717) is 35.3 Å². The highest BCUT2D eigenvalue weighted by Gasteiger charge is 2.26. The molecule has 2 N–H and O–H groups in total. The van der Waals surface area contributed by atoms with Crippen LogP contribution in [0.5, 0.6) is 0 Å². The number of hydrogen-bond donors (Lipinski definition) is 2. The zero-order valence-electron chi connectivity index (χ0n) is 21.5. The number of aromatic nitrogens is 4. The summed E-state index contributed by atoms with van der Waals surface area (Å²) in [5.41, 5.74) is 2.25. The van der Waals surface area contributed by atoms with Crippen LogP contribution in [0.15, 0.2) is 59.8 Å². The van der Waals surface area contributed by atoms with Crippen LogP contribution in [-0.2, 0) is 12.1 Å². The third kappa shape index (κ3) is 5.20. The second kappa shape index (κ2) is 10.8. The summed E-state index contributed by atoms with van der Waals surface area (Å²) in [6.45, 7) is 4.62. The highest BCUT2D eigenvalue weighted by Crippen LogP contribution is 2.35. The molecule has 0 bridgehead atoms. The molecule has 3 heterocycles. The van der Waals surface area contributed by atoms with Gasteiger partial charge in [-0.05, 0) is 50.8 Å². The Labute approximate surface area is 226 Å². The number of anilines is 3. The first-order chi connectivity index (χ1) is 18.4. The van der Waals surface area contributed by atoms with Gasteiger partial charge in [0.25, 0.3) is 5.56 Å². The van der Waals surface area contributed by atoms with E-state index < -0.39 is 5.54 Å². The maximum absolute atomic E-state index is 13.7. The smallest absolute Gasteiger partial charge is 0.253 e. The fourth-order valence-electron chi connectivity index (χ4n) is 5.26. The summed E-state index contributed by atoms with van der Waals surface area (Å²) >= 11 is 6.20. The molecule has 194 valence electrons. The molecule has 0 amide bonds. The topological polar surface area (TPSA) is 109 Å². The van der Waals surface area contributed by atoms with Crippen molar-refractivity contribution in [2.24, 2.45) is 5.92 Å². The van der Waals surface area contributed by atoms with Crippen molar-refractivity contribution in [3.63, 3.8) is 0 Å². The van der Waals surface area contributed by atoms with Crippen LogP contribution in [0.3, 0.4) is 0 Å². The van der Waals surface area contributed by atoms with E-state index in [9.17, 15) is 10.1 Å². The van der Waals surface area contributed by atoms with E-state index >= 15 is 0 Å². The van der Waals surface area contributed by atoms with Gasteiger partial charge >= 0.3 is 0 Å². The maximum Gasteiger partial charge on any atom is 0.253 e. The predicted octanol–water partition coefficient (Wildman–Crippen LogP) is 6.38. The van der Waals surface area contributed by atoms with Crippen LogP contribution in [0.1, 0.15) is 57.3 Å². The lowest BCUT2D eigenvalue weighted by atomic mass is 9.89. The number of rotatable bonds is 7. The van der Waals surface area contributed by atoms with Gasteiger partial charge in [0.15, 0.2) is 5.82 Å². The first kappa shape index (κ1) is 25.7. The molecule has 0 aliphatic heterocycles. The van der Waals surface area contributed by atoms with Gasteiger partial charge in [0.05, 0.1) is 22.4 Å². The summed E-state index contributed by atoms with van der Waals surface area (Å²) in [6.07, 6.45) is 10.8. The van der Waals surface area contributed by atoms with Crippen LogP contribution < -0.4 is 16.2 Å². The molecule has 1 aromatic carbocycles. The molecule has 38 heavy (non-hydrogen) atoms. The van der Waals surface area contributed by atoms with E-state index in [1.165, 1.54) is 19.3 Å². The molecule has 4 aromatic rings. The lowest BCUT2D eigenvalue weighted by Gasteiger charge is -2.28. The number of para-hydroxylation sites is 1. The van der Waals surface area contributed by atoms with Crippen LogP contribution in [0, 0.1) is 17.2 Å². The fourth-order valence-corrected chi connectivity index (χ4v) is 5.46. The van der Waals surface area contributed by atoms with Crippen molar-refractivity contribution in [1.82, 2.24) is 19.5 Å². The van der Waals surface area contributed by atoms with Gasteiger partial charge in [-0.1, -0.05) is 43.0 Å². The van der Waals surface area contributed by atoms with E-state index in [-0.39, 0.29) is 16.3 Å². The van der Waals surface area contributed by atoms with Gasteiger partial charge in [0.1, 0.15) is 16.8 Å². The van der Waals surface area contributed by atoms with Crippen LogP contribution in [-0.4, -0.2) is 19.5 Å². The SMILES string of the molecule is CC(C)(Nc1cc(=O)n(CC2CCCCC2)c2c(Nc3ccnc(Cl)c3C#N)cccc12)c1ncccn1. The lowest BCUT2D eigenvalue weighted by Crippen LogP contribution is -2.32.